The minimum absolute atomic E-state index is 0.0984. The minimum Gasteiger partial charge on any atom is -0.481 e. The number of amides is 1. The lowest BCUT2D eigenvalue weighted by Crippen LogP contribution is -2.44. The lowest BCUT2D eigenvalue weighted by molar-refractivity contribution is -0.143. The van der Waals surface area contributed by atoms with Crippen LogP contribution in [-0.4, -0.2) is 70.4 Å². The van der Waals surface area contributed by atoms with Gasteiger partial charge in [0.05, 0.1) is 12.5 Å². The molecule has 1 amide bonds. The molecule has 1 fully saturated rings. The molecule has 202 valence electrons. The molecular formula is C29H41N3O5. The van der Waals surface area contributed by atoms with Crippen molar-refractivity contribution < 1.29 is 24.2 Å². The molecule has 0 spiro atoms. The van der Waals surface area contributed by atoms with E-state index in [1.165, 1.54) is 0 Å². The number of benzene rings is 1. The first-order valence-electron chi connectivity index (χ1n) is 13.7. The molecule has 4 rings (SSSR count). The Balaban J connectivity index is 1.59. The number of ether oxygens (including phenoxy) is 2. The van der Waals surface area contributed by atoms with Crippen molar-refractivity contribution in [3.63, 3.8) is 0 Å². The van der Waals surface area contributed by atoms with E-state index in [4.69, 9.17) is 9.47 Å². The van der Waals surface area contributed by atoms with Gasteiger partial charge in [0.25, 0.3) is 0 Å². The van der Waals surface area contributed by atoms with E-state index in [1.54, 1.807) is 0 Å². The fourth-order valence-electron chi connectivity index (χ4n) is 5.72. The van der Waals surface area contributed by atoms with Gasteiger partial charge in [-0.05, 0) is 55.5 Å². The maximum absolute atomic E-state index is 13.5. The summed E-state index contributed by atoms with van der Waals surface area (Å²) in [5, 5.41) is 10.4. The smallest absolute Gasteiger partial charge is 0.308 e. The lowest BCUT2D eigenvalue weighted by atomic mass is 9.83. The number of aryl methyl sites for hydroxylation is 2. The van der Waals surface area contributed by atoms with Gasteiger partial charge in [-0.2, -0.15) is 0 Å². The molecule has 0 radical (unpaired) electrons. The Kier molecular flexibility index (Phi) is 9.14. The van der Waals surface area contributed by atoms with Crippen molar-refractivity contribution in [3.8, 4) is 11.5 Å². The second kappa shape index (κ2) is 12.5. The van der Waals surface area contributed by atoms with E-state index in [0.717, 1.165) is 56.5 Å². The topological polar surface area (TPSA) is 84.2 Å². The first-order chi connectivity index (χ1) is 17.9. The molecule has 8 heteroatoms. The van der Waals surface area contributed by atoms with Crippen molar-refractivity contribution in [2.75, 3.05) is 33.0 Å². The summed E-state index contributed by atoms with van der Waals surface area (Å²) in [7, 11) is 2.01. The molecule has 0 unspecified atom stereocenters. The molecule has 3 heterocycles. The number of likely N-dealkylation sites (tertiary alicyclic amines) is 1. The molecule has 0 bridgehead atoms. The number of carbonyl (C=O) groups is 2. The van der Waals surface area contributed by atoms with Gasteiger partial charge in [-0.25, -0.2) is 0 Å². The standard InChI is InChI=1S/C29H41N3O5/c1-4-6-15-31(16-7-5-2)27(33)19-32-18-23(21-10-13-25-26(17-21)37-20-36-25)28(29(34)35)24(32)12-11-22-9-8-14-30(22)3/h8-10,13-14,17,23-24,28H,4-7,11-12,15-16,18-20H2,1-3H3,(H,34,35)/t23-,24+,28-/m1/s1. The molecular weight excluding hydrogens is 470 g/mol. The fraction of sp³-hybridized carbons (Fsp3) is 0.586. The van der Waals surface area contributed by atoms with Gasteiger partial charge < -0.3 is 24.0 Å². The van der Waals surface area contributed by atoms with E-state index in [0.29, 0.717) is 24.5 Å². The third-order valence-electron chi connectivity index (χ3n) is 7.86. The van der Waals surface area contributed by atoms with Crippen molar-refractivity contribution >= 4 is 11.9 Å². The van der Waals surface area contributed by atoms with E-state index in [2.05, 4.69) is 29.4 Å². The number of nitrogens with zero attached hydrogens (tertiary/aromatic N) is 3. The summed E-state index contributed by atoms with van der Waals surface area (Å²) in [6, 6.07) is 9.56. The average molecular weight is 512 g/mol. The molecule has 2 aliphatic heterocycles. The number of hydrogen-bond acceptors (Lipinski definition) is 5. The monoisotopic (exact) mass is 511 g/mol. The number of carboxylic acid groups (broad SMARTS) is 1. The molecule has 0 saturated carbocycles. The number of aliphatic carboxylic acids is 1. The van der Waals surface area contributed by atoms with Gasteiger partial charge in [-0.1, -0.05) is 32.8 Å². The second-order valence-corrected chi connectivity index (χ2v) is 10.3. The molecule has 1 aromatic heterocycles. The first kappa shape index (κ1) is 27.0. The summed E-state index contributed by atoms with van der Waals surface area (Å²) in [5.41, 5.74) is 2.08. The predicted molar refractivity (Wildman–Crippen MR) is 142 cm³/mol. The first-order valence-corrected chi connectivity index (χ1v) is 13.7. The van der Waals surface area contributed by atoms with E-state index < -0.39 is 11.9 Å². The number of aromatic nitrogens is 1. The highest BCUT2D eigenvalue weighted by molar-refractivity contribution is 5.79. The summed E-state index contributed by atoms with van der Waals surface area (Å²) in [6.45, 7) is 6.73. The van der Waals surface area contributed by atoms with Gasteiger partial charge in [0.1, 0.15) is 0 Å². The number of fused-ring (bicyclic) bond motifs is 1. The zero-order chi connectivity index (χ0) is 26.4. The van der Waals surface area contributed by atoms with Crippen LogP contribution in [0.4, 0.5) is 0 Å². The van der Waals surface area contributed by atoms with Gasteiger partial charge in [0, 0.05) is 50.5 Å². The molecule has 1 N–H and O–H groups in total. The SMILES string of the molecule is CCCCN(CCCC)C(=O)CN1C[C@H](c2ccc3c(c2)OCO3)[C@@H](C(=O)O)[C@@H]1CCc1cccn1C. The van der Waals surface area contributed by atoms with Crippen molar-refractivity contribution in [1.29, 1.82) is 0 Å². The van der Waals surface area contributed by atoms with Crippen LogP contribution in [0.2, 0.25) is 0 Å². The van der Waals surface area contributed by atoms with E-state index in [1.807, 2.05) is 42.4 Å². The number of rotatable bonds is 13. The molecule has 0 aliphatic carbocycles. The molecule has 1 aromatic carbocycles. The van der Waals surface area contributed by atoms with E-state index >= 15 is 0 Å². The third-order valence-corrected chi connectivity index (χ3v) is 7.86. The lowest BCUT2D eigenvalue weighted by Gasteiger charge is -2.30. The van der Waals surface area contributed by atoms with Crippen molar-refractivity contribution in [3.05, 3.63) is 47.8 Å². The van der Waals surface area contributed by atoms with Crippen LogP contribution in [0.25, 0.3) is 0 Å². The predicted octanol–water partition coefficient (Wildman–Crippen LogP) is 4.28. The Morgan fingerprint density at radius 1 is 1.08 bits per heavy atom. The van der Waals surface area contributed by atoms with Crippen LogP contribution in [0, 0.1) is 5.92 Å². The Morgan fingerprint density at radius 3 is 2.46 bits per heavy atom. The second-order valence-electron chi connectivity index (χ2n) is 10.3. The van der Waals surface area contributed by atoms with Gasteiger partial charge in [-0.15, -0.1) is 0 Å². The normalized spacial score (nSPS) is 20.9. The molecule has 3 atom stereocenters. The maximum Gasteiger partial charge on any atom is 0.308 e. The summed E-state index contributed by atoms with van der Waals surface area (Å²) in [6.07, 6.45) is 7.46. The number of carbonyl (C=O) groups excluding carboxylic acids is 1. The highest BCUT2D eigenvalue weighted by atomic mass is 16.7. The number of unbranched alkanes of at least 4 members (excludes halogenated alkanes) is 2. The van der Waals surface area contributed by atoms with Crippen LogP contribution in [0.15, 0.2) is 36.5 Å². The molecule has 1 saturated heterocycles. The van der Waals surface area contributed by atoms with Gasteiger partial charge in [-0.3, -0.25) is 14.5 Å². The van der Waals surface area contributed by atoms with Gasteiger partial charge in [0.15, 0.2) is 11.5 Å². The number of carboxylic acids is 1. The zero-order valence-corrected chi connectivity index (χ0v) is 22.4. The Bertz CT molecular complexity index is 1060. The summed E-state index contributed by atoms with van der Waals surface area (Å²) < 4.78 is 13.1. The largest absolute Gasteiger partial charge is 0.481 e. The van der Waals surface area contributed by atoms with Crippen molar-refractivity contribution in [2.24, 2.45) is 13.0 Å². The van der Waals surface area contributed by atoms with Gasteiger partial charge >= 0.3 is 5.97 Å². The average Bonchev–Trinajstić information content (AvgIpc) is 3.60. The van der Waals surface area contributed by atoms with Crippen molar-refractivity contribution in [1.82, 2.24) is 14.4 Å². The summed E-state index contributed by atoms with van der Waals surface area (Å²) in [4.78, 5) is 30.3. The number of hydrogen-bond donors (Lipinski definition) is 1. The minimum atomic E-state index is -0.816. The summed E-state index contributed by atoms with van der Waals surface area (Å²) in [5.74, 6) is -0.235. The van der Waals surface area contributed by atoms with Crippen LogP contribution in [0.1, 0.15) is 63.1 Å². The molecule has 2 aliphatic rings. The van der Waals surface area contributed by atoms with Gasteiger partial charge in [0.2, 0.25) is 12.7 Å². The van der Waals surface area contributed by atoms with Crippen LogP contribution >= 0.6 is 0 Å². The maximum atomic E-state index is 13.5. The summed E-state index contributed by atoms with van der Waals surface area (Å²) >= 11 is 0. The fourth-order valence-corrected chi connectivity index (χ4v) is 5.72. The van der Waals surface area contributed by atoms with Crippen LogP contribution < -0.4 is 9.47 Å². The Morgan fingerprint density at radius 2 is 1.81 bits per heavy atom. The molecule has 37 heavy (non-hydrogen) atoms. The zero-order valence-electron chi connectivity index (χ0n) is 22.4. The third kappa shape index (κ3) is 6.29. The van der Waals surface area contributed by atoms with Crippen LogP contribution in [0.5, 0.6) is 11.5 Å². The van der Waals surface area contributed by atoms with Crippen LogP contribution in [0.3, 0.4) is 0 Å². The Labute approximate surface area is 220 Å². The molecule has 8 nitrogen and oxygen atoms in total. The van der Waals surface area contributed by atoms with Crippen molar-refractivity contribution in [2.45, 2.75) is 64.3 Å². The van der Waals surface area contributed by atoms with Crippen LogP contribution in [-0.2, 0) is 23.1 Å². The molecule has 2 aromatic rings. The van der Waals surface area contributed by atoms with E-state index in [9.17, 15) is 14.7 Å². The Hall–Kier alpha value is -3.00. The highest BCUT2D eigenvalue weighted by Gasteiger charge is 2.47. The highest BCUT2D eigenvalue weighted by Crippen LogP contribution is 2.43. The quantitative estimate of drug-likeness (QED) is 0.432. The van der Waals surface area contributed by atoms with E-state index in [-0.39, 0.29) is 31.2 Å².